The molecule has 8 heteroatoms. The van der Waals surface area contributed by atoms with Crippen LogP contribution in [-0.2, 0) is 6.54 Å². The minimum Gasteiger partial charge on any atom is -0.374 e. The highest BCUT2D eigenvalue weighted by Gasteiger charge is 2.16. The highest BCUT2D eigenvalue weighted by molar-refractivity contribution is 5.70. The summed E-state index contributed by atoms with van der Waals surface area (Å²) in [5.74, 6) is 0.764. The predicted molar refractivity (Wildman–Crippen MR) is 106 cm³/mol. The van der Waals surface area contributed by atoms with Gasteiger partial charge in [-0.2, -0.15) is 4.98 Å². The number of anilines is 2. The summed E-state index contributed by atoms with van der Waals surface area (Å²) in [4.78, 5) is 17.3. The van der Waals surface area contributed by atoms with E-state index < -0.39 is 4.92 Å². The second-order valence-corrected chi connectivity index (χ2v) is 6.74. The molecule has 0 unspecified atom stereocenters. The number of piperidine rings is 1. The molecule has 1 aliphatic rings. The van der Waals surface area contributed by atoms with Gasteiger partial charge in [-0.05, 0) is 31.4 Å². The molecule has 2 heterocycles. The van der Waals surface area contributed by atoms with Crippen molar-refractivity contribution in [3.8, 4) is 11.4 Å². The number of non-ortho nitro benzene ring substituents is 1. The molecule has 0 aliphatic carbocycles. The smallest absolute Gasteiger partial charge is 0.270 e. The third-order valence-corrected chi connectivity index (χ3v) is 4.81. The summed E-state index contributed by atoms with van der Waals surface area (Å²) in [5, 5.41) is 18.3. The molecule has 8 nitrogen and oxygen atoms in total. The largest absolute Gasteiger partial charge is 0.374 e. The van der Waals surface area contributed by atoms with Gasteiger partial charge in [-0.3, -0.25) is 10.1 Å². The van der Waals surface area contributed by atoms with Crippen LogP contribution in [0.25, 0.3) is 11.4 Å². The number of nitrogens with zero attached hydrogens (tertiary/aromatic N) is 4. The van der Waals surface area contributed by atoms with E-state index in [2.05, 4.69) is 26.4 Å². The minimum absolute atomic E-state index is 0.00238. The zero-order chi connectivity index (χ0) is 19.3. The maximum Gasteiger partial charge on any atom is 0.270 e. The van der Waals surface area contributed by atoms with Crippen LogP contribution >= 0.6 is 0 Å². The lowest BCUT2D eigenvalue weighted by Crippen LogP contribution is -2.30. The molecule has 0 spiro atoms. The molecule has 1 saturated heterocycles. The number of hydrogen-bond acceptors (Lipinski definition) is 7. The van der Waals surface area contributed by atoms with Gasteiger partial charge in [0.1, 0.15) is 0 Å². The molecular weight excluding hydrogens is 358 g/mol. The van der Waals surface area contributed by atoms with Crippen molar-refractivity contribution in [3.05, 3.63) is 64.5 Å². The van der Waals surface area contributed by atoms with Crippen molar-refractivity contribution < 1.29 is 9.45 Å². The number of benzene rings is 2. The van der Waals surface area contributed by atoms with Gasteiger partial charge in [0.05, 0.1) is 22.8 Å². The lowest BCUT2D eigenvalue weighted by atomic mass is 10.1. The van der Waals surface area contributed by atoms with Crippen molar-refractivity contribution in [2.45, 2.75) is 25.8 Å². The summed E-state index contributed by atoms with van der Waals surface area (Å²) < 4.78 is 5.32. The summed E-state index contributed by atoms with van der Waals surface area (Å²) in [6.07, 6.45) is 3.71. The SMILES string of the molecule is O=[N+]([O-])c1cccc(-c2noc(CNc3ccccc3N3CCCCC3)n2)c1. The Kier molecular flexibility index (Phi) is 5.18. The molecule has 0 radical (unpaired) electrons. The van der Waals surface area contributed by atoms with Crippen molar-refractivity contribution >= 4 is 17.1 Å². The van der Waals surface area contributed by atoms with Gasteiger partial charge in [-0.15, -0.1) is 0 Å². The van der Waals surface area contributed by atoms with E-state index in [-0.39, 0.29) is 5.69 Å². The second kappa shape index (κ2) is 8.08. The molecule has 4 rings (SSSR count). The Morgan fingerprint density at radius 1 is 1.11 bits per heavy atom. The van der Waals surface area contributed by atoms with Crippen LogP contribution in [0.3, 0.4) is 0 Å². The first-order chi connectivity index (χ1) is 13.7. The Balaban J connectivity index is 1.47. The predicted octanol–water partition coefficient (Wildman–Crippen LogP) is 4.25. The Hall–Kier alpha value is -3.42. The number of rotatable bonds is 6. The van der Waals surface area contributed by atoms with Crippen LogP contribution in [0.4, 0.5) is 17.1 Å². The van der Waals surface area contributed by atoms with Crippen molar-refractivity contribution in [1.82, 2.24) is 10.1 Å². The lowest BCUT2D eigenvalue weighted by molar-refractivity contribution is -0.384. The fourth-order valence-corrected chi connectivity index (χ4v) is 3.41. The van der Waals surface area contributed by atoms with Crippen LogP contribution in [0, 0.1) is 10.1 Å². The Bertz CT molecular complexity index is 966. The maximum absolute atomic E-state index is 10.9. The number of para-hydroxylation sites is 2. The number of nitro benzene ring substituents is 1. The molecule has 0 bridgehead atoms. The van der Waals surface area contributed by atoms with Crippen LogP contribution in [0.1, 0.15) is 25.2 Å². The van der Waals surface area contributed by atoms with Crippen molar-refractivity contribution in [1.29, 1.82) is 0 Å². The van der Waals surface area contributed by atoms with Crippen molar-refractivity contribution in [3.63, 3.8) is 0 Å². The minimum atomic E-state index is -0.441. The number of nitrogens with one attached hydrogen (secondary N) is 1. The van der Waals surface area contributed by atoms with Crippen molar-refractivity contribution in [2.75, 3.05) is 23.3 Å². The van der Waals surface area contributed by atoms with E-state index >= 15 is 0 Å². The zero-order valence-corrected chi connectivity index (χ0v) is 15.4. The molecule has 28 heavy (non-hydrogen) atoms. The summed E-state index contributed by atoms with van der Waals surface area (Å²) in [7, 11) is 0. The normalized spacial score (nSPS) is 14.1. The summed E-state index contributed by atoms with van der Waals surface area (Å²) in [6, 6.07) is 14.4. The van der Waals surface area contributed by atoms with Gasteiger partial charge in [0.25, 0.3) is 5.69 Å². The summed E-state index contributed by atoms with van der Waals surface area (Å²) >= 11 is 0. The van der Waals surface area contributed by atoms with Crippen LogP contribution in [0.5, 0.6) is 0 Å². The first-order valence-corrected chi connectivity index (χ1v) is 9.36. The molecule has 1 aromatic heterocycles. The van der Waals surface area contributed by atoms with E-state index in [1.807, 2.05) is 18.2 Å². The van der Waals surface area contributed by atoms with Gasteiger partial charge in [-0.25, -0.2) is 0 Å². The first-order valence-electron chi connectivity index (χ1n) is 9.36. The van der Waals surface area contributed by atoms with Gasteiger partial charge in [0, 0.05) is 30.8 Å². The Labute approximate surface area is 162 Å². The molecule has 1 fully saturated rings. The highest BCUT2D eigenvalue weighted by Crippen LogP contribution is 2.29. The number of hydrogen-bond donors (Lipinski definition) is 1. The quantitative estimate of drug-likeness (QED) is 0.505. The number of aromatic nitrogens is 2. The van der Waals surface area contributed by atoms with E-state index in [4.69, 9.17) is 4.52 Å². The molecule has 1 aliphatic heterocycles. The first kappa shape index (κ1) is 18.0. The van der Waals surface area contributed by atoms with E-state index in [0.717, 1.165) is 18.8 Å². The monoisotopic (exact) mass is 379 g/mol. The highest BCUT2D eigenvalue weighted by atomic mass is 16.6. The van der Waals surface area contributed by atoms with Crippen LogP contribution in [0.2, 0.25) is 0 Å². The molecule has 3 aromatic rings. The molecule has 144 valence electrons. The van der Waals surface area contributed by atoms with E-state index in [9.17, 15) is 10.1 Å². The van der Waals surface area contributed by atoms with Gasteiger partial charge >= 0.3 is 0 Å². The standard InChI is InChI=1S/C20H21N5O3/c26-25(27)16-8-6-7-15(13-16)20-22-19(28-23-20)14-21-17-9-2-3-10-18(17)24-11-4-1-5-12-24/h2-3,6-10,13,21H,1,4-5,11-12,14H2. The van der Waals surface area contributed by atoms with E-state index in [1.54, 1.807) is 12.1 Å². The van der Waals surface area contributed by atoms with E-state index in [1.165, 1.54) is 37.1 Å². The van der Waals surface area contributed by atoms with Crippen molar-refractivity contribution in [2.24, 2.45) is 0 Å². The fourth-order valence-electron chi connectivity index (χ4n) is 3.41. The van der Waals surface area contributed by atoms with Crippen LogP contribution in [-0.4, -0.2) is 28.2 Å². The molecule has 2 aromatic carbocycles. The van der Waals surface area contributed by atoms with E-state index in [0.29, 0.717) is 23.8 Å². The second-order valence-electron chi connectivity index (χ2n) is 6.74. The molecular formula is C20H21N5O3. The fraction of sp³-hybridized carbons (Fsp3) is 0.300. The van der Waals surface area contributed by atoms with Gasteiger partial charge in [0.2, 0.25) is 11.7 Å². The average molecular weight is 379 g/mol. The van der Waals surface area contributed by atoms with Crippen LogP contribution < -0.4 is 10.2 Å². The van der Waals surface area contributed by atoms with Gasteiger partial charge in [-0.1, -0.05) is 29.4 Å². The third kappa shape index (κ3) is 3.95. The third-order valence-electron chi connectivity index (χ3n) is 4.81. The summed E-state index contributed by atoms with van der Waals surface area (Å²) in [5.41, 5.74) is 2.76. The molecule has 0 saturated carbocycles. The Morgan fingerprint density at radius 2 is 1.93 bits per heavy atom. The Morgan fingerprint density at radius 3 is 2.75 bits per heavy atom. The lowest BCUT2D eigenvalue weighted by Gasteiger charge is -2.30. The average Bonchev–Trinajstić information content (AvgIpc) is 3.22. The molecule has 0 atom stereocenters. The summed E-state index contributed by atoms with van der Waals surface area (Å²) in [6.45, 7) is 2.51. The zero-order valence-electron chi connectivity index (χ0n) is 15.4. The van der Waals surface area contributed by atoms with Gasteiger partial charge < -0.3 is 14.7 Å². The van der Waals surface area contributed by atoms with Crippen LogP contribution in [0.15, 0.2) is 53.1 Å². The molecule has 1 N–H and O–H groups in total. The van der Waals surface area contributed by atoms with Gasteiger partial charge in [0.15, 0.2) is 0 Å². The number of nitro groups is 1. The molecule has 0 amide bonds. The topological polar surface area (TPSA) is 97.3 Å². The maximum atomic E-state index is 10.9.